The van der Waals surface area contributed by atoms with Crippen molar-refractivity contribution >= 4 is 16.5 Å². The maximum absolute atomic E-state index is 5.87. The number of nitrogens with zero attached hydrogens (tertiary/aromatic N) is 1. The van der Waals surface area contributed by atoms with Crippen molar-refractivity contribution in [2.75, 3.05) is 25.8 Å². The summed E-state index contributed by atoms with van der Waals surface area (Å²) in [5.74, 6) is 3.11. The maximum Gasteiger partial charge on any atom is 0.231 e. The molecule has 1 N–H and O–H groups in total. The minimum atomic E-state index is 0.290. The van der Waals surface area contributed by atoms with Crippen molar-refractivity contribution in [3.8, 4) is 28.5 Å². The van der Waals surface area contributed by atoms with E-state index >= 15 is 0 Å². The fourth-order valence-electron chi connectivity index (χ4n) is 6.19. The average Bonchev–Trinajstić information content (AvgIpc) is 3.43. The van der Waals surface area contributed by atoms with Crippen LogP contribution in [0.1, 0.15) is 74.6 Å². The second-order valence-electron chi connectivity index (χ2n) is 11.4. The number of hydrogen-bond donors (Lipinski definition) is 1. The highest BCUT2D eigenvalue weighted by Gasteiger charge is 2.32. The monoisotopic (exact) mass is 537 g/mol. The van der Waals surface area contributed by atoms with Crippen LogP contribution in [0, 0.1) is 0 Å². The van der Waals surface area contributed by atoms with Gasteiger partial charge < -0.3 is 19.5 Å². The van der Waals surface area contributed by atoms with Crippen LogP contribution in [0.15, 0.2) is 54.7 Å². The lowest BCUT2D eigenvalue weighted by Gasteiger charge is -2.22. The van der Waals surface area contributed by atoms with Gasteiger partial charge in [0, 0.05) is 30.3 Å². The zero-order valence-corrected chi connectivity index (χ0v) is 24.3. The molecular formula is C35H41N2O3+. The molecule has 0 saturated carbocycles. The summed E-state index contributed by atoms with van der Waals surface area (Å²) in [6, 6.07) is 17.9. The van der Waals surface area contributed by atoms with Gasteiger partial charge in [0.1, 0.15) is 5.75 Å². The Balaban J connectivity index is 1.51. The standard InChI is InChI=1S/C35H40N2O3/c1-5-6-7-8-16-36-34-30-21-37-17-15-26-19-32-33(40-22-39-32)20-28(26)35(37)29(27(30)13-14-31(34)38-4)18-24-9-11-25(12-10-24)23(2)3/h9-14,19-21,23H,5-8,15-18,22H2,1-4H3/p+1. The summed E-state index contributed by atoms with van der Waals surface area (Å²) in [4.78, 5) is 0. The number of methoxy groups -OCH3 is 1. The normalized spacial score (nSPS) is 13.4. The van der Waals surface area contributed by atoms with Gasteiger partial charge in [0.05, 0.1) is 23.7 Å². The van der Waals surface area contributed by atoms with Crippen molar-refractivity contribution in [3.63, 3.8) is 0 Å². The SMILES string of the molecule is CCCCCCNc1c(OC)ccc2c(Cc3ccc(C(C)C)cc3)c3[n+](cc12)CCc1cc2c(cc1-3)OCO2. The van der Waals surface area contributed by atoms with Crippen molar-refractivity contribution in [3.05, 3.63) is 77.0 Å². The van der Waals surface area contributed by atoms with E-state index in [1.54, 1.807) is 7.11 Å². The summed E-state index contributed by atoms with van der Waals surface area (Å²) in [7, 11) is 1.77. The number of hydrogen-bond acceptors (Lipinski definition) is 4. The molecule has 0 amide bonds. The first kappa shape index (κ1) is 26.5. The Morgan fingerprint density at radius 2 is 1.75 bits per heavy atom. The number of ether oxygens (including phenoxy) is 3. The van der Waals surface area contributed by atoms with Gasteiger partial charge in [-0.15, -0.1) is 0 Å². The molecule has 0 aliphatic carbocycles. The van der Waals surface area contributed by atoms with Gasteiger partial charge in [-0.3, -0.25) is 0 Å². The first-order valence-electron chi connectivity index (χ1n) is 14.9. The van der Waals surface area contributed by atoms with Crippen LogP contribution >= 0.6 is 0 Å². The van der Waals surface area contributed by atoms with Crippen molar-refractivity contribution in [1.82, 2.24) is 0 Å². The molecule has 208 valence electrons. The highest BCUT2D eigenvalue weighted by molar-refractivity contribution is 6.00. The van der Waals surface area contributed by atoms with Crippen LogP contribution in [0.2, 0.25) is 0 Å². The van der Waals surface area contributed by atoms with E-state index in [0.29, 0.717) is 5.92 Å². The number of aryl methyl sites for hydroxylation is 2. The maximum atomic E-state index is 5.87. The van der Waals surface area contributed by atoms with E-state index in [1.807, 2.05) is 0 Å². The quantitative estimate of drug-likeness (QED) is 0.166. The van der Waals surface area contributed by atoms with Gasteiger partial charge in [-0.05, 0) is 53.3 Å². The highest BCUT2D eigenvalue weighted by atomic mass is 16.7. The predicted octanol–water partition coefficient (Wildman–Crippen LogP) is 7.79. The number of unbranched alkanes of at least 4 members (excludes halogenated alkanes) is 3. The second kappa shape index (κ2) is 11.4. The first-order chi connectivity index (χ1) is 19.6. The minimum Gasteiger partial charge on any atom is -0.495 e. The van der Waals surface area contributed by atoms with E-state index in [9.17, 15) is 0 Å². The molecule has 1 aromatic heterocycles. The van der Waals surface area contributed by atoms with Crippen molar-refractivity contribution < 1.29 is 18.8 Å². The molecule has 0 spiro atoms. The molecule has 3 heterocycles. The largest absolute Gasteiger partial charge is 0.495 e. The molecule has 5 heteroatoms. The number of anilines is 1. The summed E-state index contributed by atoms with van der Waals surface area (Å²) in [5.41, 5.74) is 8.97. The Morgan fingerprint density at radius 1 is 0.950 bits per heavy atom. The molecule has 0 unspecified atom stereocenters. The molecule has 6 rings (SSSR count). The number of benzene rings is 3. The average molecular weight is 538 g/mol. The van der Waals surface area contributed by atoms with Crippen LogP contribution in [-0.4, -0.2) is 20.4 Å². The second-order valence-corrected chi connectivity index (χ2v) is 11.4. The van der Waals surface area contributed by atoms with E-state index in [4.69, 9.17) is 14.2 Å². The number of nitrogens with one attached hydrogen (secondary N) is 1. The predicted molar refractivity (Wildman–Crippen MR) is 162 cm³/mol. The third-order valence-electron chi connectivity index (χ3n) is 8.45. The van der Waals surface area contributed by atoms with E-state index in [-0.39, 0.29) is 6.79 Å². The lowest BCUT2D eigenvalue weighted by atomic mass is 9.88. The van der Waals surface area contributed by atoms with Crippen LogP contribution in [0.4, 0.5) is 5.69 Å². The van der Waals surface area contributed by atoms with Crippen LogP contribution in [0.3, 0.4) is 0 Å². The number of pyridine rings is 1. The first-order valence-corrected chi connectivity index (χ1v) is 14.9. The summed E-state index contributed by atoms with van der Waals surface area (Å²) in [6.45, 7) is 8.90. The summed E-state index contributed by atoms with van der Waals surface area (Å²) in [5, 5.41) is 6.25. The summed E-state index contributed by atoms with van der Waals surface area (Å²) < 4.78 is 19.9. The molecule has 0 fully saturated rings. The van der Waals surface area contributed by atoms with Crippen molar-refractivity contribution in [1.29, 1.82) is 0 Å². The van der Waals surface area contributed by atoms with E-state index in [0.717, 1.165) is 55.3 Å². The van der Waals surface area contributed by atoms with Crippen LogP contribution in [-0.2, 0) is 19.4 Å². The Hall–Kier alpha value is -3.73. The number of aromatic nitrogens is 1. The fourth-order valence-corrected chi connectivity index (χ4v) is 6.19. The third kappa shape index (κ3) is 4.98. The van der Waals surface area contributed by atoms with Gasteiger partial charge >= 0.3 is 0 Å². The Kier molecular flexibility index (Phi) is 7.55. The van der Waals surface area contributed by atoms with Gasteiger partial charge in [0.15, 0.2) is 24.2 Å². The fraction of sp³-hybridized carbons (Fsp3) is 0.400. The number of rotatable bonds is 10. The number of fused-ring (bicyclic) bond motifs is 5. The van der Waals surface area contributed by atoms with E-state index in [2.05, 4.69) is 85.4 Å². The summed E-state index contributed by atoms with van der Waals surface area (Å²) in [6.07, 6.45) is 9.05. The lowest BCUT2D eigenvalue weighted by molar-refractivity contribution is -0.686. The Morgan fingerprint density at radius 3 is 2.50 bits per heavy atom. The summed E-state index contributed by atoms with van der Waals surface area (Å²) >= 11 is 0. The highest BCUT2D eigenvalue weighted by Crippen LogP contribution is 2.43. The molecule has 2 aliphatic rings. The zero-order chi connectivity index (χ0) is 27.6. The van der Waals surface area contributed by atoms with Crippen LogP contribution in [0.25, 0.3) is 22.0 Å². The van der Waals surface area contributed by atoms with E-state index in [1.165, 1.54) is 63.5 Å². The molecule has 0 saturated heterocycles. The molecule has 0 atom stereocenters. The van der Waals surface area contributed by atoms with Gasteiger partial charge in [-0.1, -0.05) is 64.3 Å². The molecule has 0 bridgehead atoms. The van der Waals surface area contributed by atoms with Gasteiger partial charge in [0.25, 0.3) is 0 Å². The molecule has 4 aromatic rings. The molecular weight excluding hydrogens is 496 g/mol. The zero-order valence-electron chi connectivity index (χ0n) is 24.3. The Labute approximate surface area is 238 Å². The topological polar surface area (TPSA) is 43.6 Å². The lowest BCUT2D eigenvalue weighted by Crippen LogP contribution is -2.41. The van der Waals surface area contributed by atoms with E-state index < -0.39 is 0 Å². The van der Waals surface area contributed by atoms with Gasteiger partial charge in [-0.2, -0.15) is 4.57 Å². The molecule has 5 nitrogen and oxygen atoms in total. The van der Waals surface area contributed by atoms with Crippen molar-refractivity contribution in [2.24, 2.45) is 0 Å². The smallest absolute Gasteiger partial charge is 0.231 e. The van der Waals surface area contributed by atoms with Crippen LogP contribution in [0.5, 0.6) is 17.2 Å². The minimum absolute atomic E-state index is 0.290. The third-order valence-corrected chi connectivity index (χ3v) is 8.45. The molecule has 0 radical (unpaired) electrons. The van der Waals surface area contributed by atoms with Crippen LogP contribution < -0.4 is 24.1 Å². The van der Waals surface area contributed by atoms with Gasteiger partial charge in [-0.25, -0.2) is 0 Å². The molecule has 40 heavy (non-hydrogen) atoms. The molecule has 3 aromatic carbocycles. The molecule has 2 aliphatic heterocycles. The van der Waals surface area contributed by atoms with Crippen molar-refractivity contribution in [2.45, 2.75) is 71.8 Å². The Bertz CT molecular complexity index is 1520. The van der Waals surface area contributed by atoms with Gasteiger partial charge in [0.2, 0.25) is 12.5 Å².